The number of hydrogen-bond donors (Lipinski definition) is 1. The fourth-order valence-electron chi connectivity index (χ4n) is 2.99. The molecule has 28 heavy (non-hydrogen) atoms. The lowest BCUT2D eigenvalue weighted by atomic mass is 10.1. The average Bonchev–Trinajstić information content (AvgIpc) is 3.05. The molecule has 0 saturated carbocycles. The molecular formula is C20H19FN2O5. The number of halogens is 1. The molecular weight excluding hydrogens is 367 g/mol. The van der Waals surface area contributed by atoms with Crippen LogP contribution in [0.15, 0.2) is 36.4 Å². The summed E-state index contributed by atoms with van der Waals surface area (Å²) in [6.45, 7) is 0. The summed E-state index contributed by atoms with van der Waals surface area (Å²) in [6.07, 6.45) is 0. The van der Waals surface area contributed by atoms with Gasteiger partial charge in [0.25, 0.3) is 5.91 Å². The monoisotopic (exact) mass is 386 g/mol. The Labute approximate surface area is 160 Å². The SMILES string of the molecule is COC(=O)c1cc(OC)c(OC)cc1NC(=O)c1cc2c(F)cccc2n1C. The van der Waals surface area contributed by atoms with Crippen LogP contribution in [0, 0.1) is 5.82 Å². The van der Waals surface area contributed by atoms with Crippen molar-refractivity contribution >= 4 is 28.5 Å². The third kappa shape index (κ3) is 3.24. The molecule has 0 bridgehead atoms. The van der Waals surface area contributed by atoms with Crippen molar-refractivity contribution < 1.29 is 28.2 Å². The van der Waals surface area contributed by atoms with Gasteiger partial charge in [-0.15, -0.1) is 0 Å². The van der Waals surface area contributed by atoms with Gasteiger partial charge < -0.3 is 24.1 Å². The Bertz CT molecular complexity index is 1070. The summed E-state index contributed by atoms with van der Waals surface area (Å²) in [6, 6.07) is 8.95. The molecule has 7 nitrogen and oxygen atoms in total. The number of nitrogens with one attached hydrogen (secondary N) is 1. The number of aromatic nitrogens is 1. The van der Waals surface area contributed by atoms with Gasteiger partial charge in [-0.05, 0) is 18.2 Å². The van der Waals surface area contributed by atoms with Crippen LogP contribution in [0.2, 0.25) is 0 Å². The van der Waals surface area contributed by atoms with Crippen molar-refractivity contribution in [3.8, 4) is 11.5 Å². The van der Waals surface area contributed by atoms with Crippen molar-refractivity contribution in [3.05, 3.63) is 53.5 Å². The Hall–Kier alpha value is -3.55. The van der Waals surface area contributed by atoms with Gasteiger partial charge in [0.05, 0.1) is 38.1 Å². The molecule has 0 aliphatic heterocycles. The molecule has 0 radical (unpaired) electrons. The van der Waals surface area contributed by atoms with Crippen molar-refractivity contribution in [1.29, 1.82) is 0 Å². The number of benzene rings is 2. The number of rotatable bonds is 5. The molecule has 1 aromatic heterocycles. The van der Waals surface area contributed by atoms with E-state index in [9.17, 15) is 14.0 Å². The number of esters is 1. The fraction of sp³-hybridized carbons (Fsp3) is 0.200. The van der Waals surface area contributed by atoms with Gasteiger partial charge in [0.2, 0.25) is 0 Å². The highest BCUT2D eigenvalue weighted by molar-refractivity contribution is 6.09. The summed E-state index contributed by atoms with van der Waals surface area (Å²) in [5, 5.41) is 3.00. The Kier molecular flexibility index (Phi) is 5.21. The van der Waals surface area contributed by atoms with E-state index in [2.05, 4.69) is 5.32 Å². The van der Waals surface area contributed by atoms with Gasteiger partial charge in [0.15, 0.2) is 11.5 Å². The van der Waals surface area contributed by atoms with Gasteiger partial charge in [0, 0.05) is 24.6 Å². The maximum Gasteiger partial charge on any atom is 0.340 e. The quantitative estimate of drug-likeness (QED) is 0.680. The van der Waals surface area contributed by atoms with Crippen LogP contribution in [-0.2, 0) is 11.8 Å². The van der Waals surface area contributed by atoms with E-state index in [4.69, 9.17) is 14.2 Å². The van der Waals surface area contributed by atoms with Crippen LogP contribution in [-0.4, -0.2) is 37.8 Å². The lowest BCUT2D eigenvalue weighted by molar-refractivity contribution is 0.0601. The van der Waals surface area contributed by atoms with Crippen molar-refractivity contribution in [2.24, 2.45) is 7.05 Å². The van der Waals surface area contributed by atoms with Crippen LogP contribution in [0.25, 0.3) is 10.9 Å². The molecule has 0 spiro atoms. The number of carbonyl (C=O) groups excluding carboxylic acids is 2. The Morgan fingerprint density at radius 3 is 2.32 bits per heavy atom. The largest absolute Gasteiger partial charge is 0.493 e. The number of carbonyl (C=O) groups is 2. The first-order chi connectivity index (χ1) is 13.4. The molecule has 3 aromatic rings. The lowest BCUT2D eigenvalue weighted by Crippen LogP contribution is -2.18. The molecule has 1 heterocycles. The van der Waals surface area contributed by atoms with Crippen LogP contribution in [0.1, 0.15) is 20.8 Å². The van der Waals surface area contributed by atoms with E-state index in [1.54, 1.807) is 23.7 Å². The third-order valence-electron chi connectivity index (χ3n) is 4.44. The molecule has 1 N–H and O–H groups in total. The number of ether oxygens (including phenoxy) is 3. The minimum atomic E-state index is -0.653. The number of anilines is 1. The third-order valence-corrected chi connectivity index (χ3v) is 4.44. The number of amides is 1. The van der Waals surface area contributed by atoms with E-state index in [0.717, 1.165) is 0 Å². The summed E-state index contributed by atoms with van der Waals surface area (Å²) in [4.78, 5) is 25.0. The van der Waals surface area contributed by atoms with Crippen molar-refractivity contribution in [3.63, 3.8) is 0 Å². The highest BCUT2D eigenvalue weighted by atomic mass is 19.1. The van der Waals surface area contributed by atoms with Crippen molar-refractivity contribution in [2.75, 3.05) is 26.6 Å². The smallest absolute Gasteiger partial charge is 0.340 e. The predicted octanol–water partition coefficient (Wildman–Crippen LogP) is 3.37. The highest BCUT2D eigenvalue weighted by Gasteiger charge is 2.21. The second-order valence-corrected chi connectivity index (χ2v) is 5.96. The molecule has 0 fully saturated rings. The van der Waals surface area contributed by atoms with Crippen LogP contribution >= 0.6 is 0 Å². The maximum absolute atomic E-state index is 14.0. The zero-order chi connectivity index (χ0) is 20.4. The Balaban J connectivity index is 2.05. The number of methoxy groups -OCH3 is 3. The lowest BCUT2D eigenvalue weighted by Gasteiger charge is -2.15. The van der Waals surface area contributed by atoms with Gasteiger partial charge >= 0.3 is 5.97 Å². The first-order valence-corrected chi connectivity index (χ1v) is 8.30. The molecule has 1 amide bonds. The molecule has 0 unspecified atom stereocenters. The molecule has 8 heteroatoms. The van der Waals surface area contributed by atoms with Gasteiger partial charge in [-0.1, -0.05) is 6.07 Å². The van der Waals surface area contributed by atoms with E-state index < -0.39 is 17.7 Å². The molecule has 0 saturated heterocycles. The first-order valence-electron chi connectivity index (χ1n) is 8.30. The second-order valence-electron chi connectivity index (χ2n) is 5.96. The van der Waals surface area contributed by atoms with E-state index >= 15 is 0 Å². The Morgan fingerprint density at radius 1 is 1.04 bits per heavy atom. The van der Waals surface area contributed by atoms with E-state index in [1.807, 2.05) is 0 Å². The molecule has 0 atom stereocenters. The van der Waals surface area contributed by atoms with Gasteiger partial charge in [-0.25, -0.2) is 9.18 Å². The highest BCUT2D eigenvalue weighted by Crippen LogP contribution is 2.34. The minimum Gasteiger partial charge on any atom is -0.493 e. The number of fused-ring (bicyclic) bond motifs is 1. The van der Waals surface area contributed by atoms with Crippen LogP contribution in [0.3, 0.4) is 0 Å². The Morgan fingerprint density at radius 2 is 1.71 bits per heavy atom. The number of nitrogens with zero attached hydrogens (tertiary/aromatic N) is 1. The summed E-state index contributed by atoms with van der Waals surface area (Å²) in [5.41, 5.74) is 1.08. The first kappa shape index (κ1) is 19.2. The zero-order valence-corrected chi connectivity index (χ0v) is 15.8. The number of hydrogen-bond acceptors (Lipinski definition) is 5. The molecule has 3 rings (SSSR count). The molecule has 0 aliphatic carbocycles. The van der Waals surface area contributed by atoms with Crippen LogP contribution < -0.4 is 14.8 Å². The van der Waals surface area contributed by atoms with Crippen LogP contribution in [0.4, 0.5) is 10.1 Å². The van der Waals surface area contributed by atoms with Crippen molar-refractivity contribution in [2.45, 2.75) is 0 Å². The number of aryl methyl sites for hydroxylation is 1. The van der Waals surface area contributed by atoms with Gasteiger partial charge in [0.1, 0.15) is 11.5 Å². The van der Waals surface area contributed by atoms with Gasteiger partial charge in [-0.2, -0.15) is 0 Å². The van der Waals surface area contributed by atoms with E-state index in [0.29, 0.717) is 22.4 Å². The zero-order valence-electron chi connectivity index (χ0n) is 15.8. The average molecular weight is 386 g/mol. The molecule has 146 valence electrons. The summed E-state index contributed by atoms with van der Waals surface area (Å²) < 4.78 is 30.8. The summed E-state index contributed by atoms with van der Waals surface area (Å²) >= 11 is 0. The normalized spacial score (nSPS) is 10.6. The van der Waals surface area contributed by atoms with Crippen molar-refractivity contribution in [1.82, 2.24) is 4.57 Å². The summed E-state index contributed by atoms with van der Waals surface area (Å²) in [5.74, 6) is -0.954. The second kappa shape index (κ2) is 7.59. The van der Waals surface area contributed by atoms with Crippen LogP contribution in [0.5, 0.6) is 11.5 Å². The maximum atomic E-state index is 14.0. The summed E-state index contributed by atoms with van der Waals surface area (Å²) in [7, 11) is 5.76. The predicted molar refractivity (Wildman–Crippen MR) is 102 cm³/mol. The minimum absolute atomic E-state index is 0.0958. The topological polar surface area (TPSA) is 78.8 Å². The standard InChI is InChI=1S/C20H19FN2O5/c1-23-15-7-5-6-13(21)11(15)8-16(23)19(24)22-14-10-18(27-3)17(26-2)9-12(14)20(25)28-4/h5-10H,1-4H3,(H,22,24). The van der Waals surface area contributed by atoms with Gasteiger partial charge in [-0.3, -0.25) is 4.79 Å². The molecule has 0 aliphatic rings. The van der Waals surface area contributed by atoms with E-state index in [1.165, 1.54) is 45.6 Å². The fourth-order valence-corrected chi connectivity index (χ4v) is 2.99. The molecule has 2 aromatic carbocycles. The van der Waals surface area contributed by atoms with E-state index in [-0.39, 0.29) is 16.9 Å².